The largest absolute Gasteiger partial charge is 0.354 e. The maximum atomic E-state index is 11.6. The van der Waals surface area contributed by atoms with Crippen LogP contribution < -0.4 is 10.0 Å². The van der Waals surface area contributed by atoms with Gasteiger partial charge in [0.25, 0.3) is 0 Å². The highest BCUT2D eigenvalue weighted by Crippen LogP contribution is 2.27. The van der Waals surface area contributed by atoms with Crippen molar-refractivity contribution in [1.82, 2.24) is 9.88 Å². The molecule has 0 radical (unpaired) electrons. The molecule has 0 bridgehead atoms. The number of hydrogen-bond acceptors (Lipinski definition) is 5. The number of sulfonamides is 1. The molecule has 0 aromatic carbocycles. The highest BCUT2D eigenvalue weighted by Gasteiger charge is 2.31. The fourth-order valence-electron chi connectivity index (χ4n) is 3.18. The van der Waals surface area contributed by atoms with E-state index in [1.54, 1.807) is 12.3 Å². The van der Waals surface area contributed by atoms with Crippen molar-refractivity contribution in [1.29, 1.82) is 0 Å². The summed E-state index contributed by atoms with van der Waals surface area (Å²) in [5.41, 5.74) is 0. The maximum Gasteiger partial charge on any atom is 0.241 e. The summed E-state index contributed by atoms with van der Waals surface area (Å²) < 4.78 is 23.3. The molecular formula is C13H20N4O2S. The van der Waals surface area contributed by atoms with Crippen molar-refractivity contribution < 1.29 is 8.42 Å². The van der Waals surface area contributed by atoms with E-state index in [4.69, 9.17) is 5.14 Å². The summed E-state index contributed by atoms with van der Waals surface area (Å²) in [5.74, 6) is 0.497. The Balaban J connectivity index is 1.81. The average Bonchev–Trinajstić information content (AvgIpc) is 3.09. The smallest absolute Gasteiger partial charge is 0.241 e. The number of nitrogens with two attached hydrogens (primary N) is 1. The molecule has 0 aliphatic carbocycles. The van der Waals surface area contributed by atoms with Crippen LogP contribution in [-0.4, -0.2) is 50.5 Å². The standard InChI is InChI=1S/C13H20N4O2S/c14-20(18,19)12-4-3-6-15-13(12)17-9-5-11(10-17)16-7-1-2-8-16/h3-4,6,11H,1-2,5,7-10H2,(H2,14,18,19). The fourth-order valence-corrected chi connectivity index (χ4v) is 3.89. The highest BCUT2D eigenvalue weighted by molar-refractivity contribution is 7.89. The van der Waals surface area contributed by atoms with E-state index in [2.05, 4.69) is 9.88 Å². The number of anilines is 1. The van der Waals surface area contributed by atoms with E-state index in [1.807, 2.05) is 4.90 Å². The molecule has 1 atom stereocenters. The van der Waals surface area contributed by atoms with Crippen LogP contribution in [0.1, 0.15) is 19.3 Å². The van der Waals surface area contributed by atoms with Crippen LogP contribution in [0.5, 0.6) is 0 Å². The first kappa shape index (κ1) is 13.8. The minimum atomic E-state index is -3.73. The van der Waals surface area contributed by atoms with Crippen LogP contribution in [0.2, 0.25) is 0 Å². The van der Waals surface area contributed by atoms with Crippen LogP contribution >= 0.6 is 0 Å². The number of nitrogens with zero attached hydrogens (tertiary/aromatic N) is 3. The molecule has 1 unspecified atom stereocenters. The normalized spacial score (nSPS) is 24.4. The van der Waals surface area contributed by atoms with Crippen molar-refractivity contribution >= 4 is 15.8 Å². The van der Waals surface area contributed by atoms with Crippen LogP contribution in [0.15, 0.2) is 23.2 Å². The van der Waals surface area contributed by atoms with Crippen molar-refractivity contribution in [3.63, 3.8) is 0 Å². The van der Waals surface area contributed by atoms with Gasteiger partial charge in [0.1, 0.15) is 10.7 Å². The molecule has 6 nitrogen and oxygen atoms in total. The summed E-state index contributed by atoms with van der Waals surface area (Å²) in [4.78, 5) is 8.91. The van der Waals surface area contributed by atoms with E-state index in [-0.39, 0.29) is 4.90 Å². The Morgan fingerprint density at radius 3 is 2.70 bits per heavy atom. The van der Waals surface area contributed by atoms with Crippen LogP contribution in [-0.2, 0) is 10.0 Å². The van der Waals surface area contributed by atoms with Gasteiger partial charge < -0.3 is 4.90 Å². The molecule has 0 spiro atoms. The zero-order valence-corrected chi connectivity index (χ0v) is 12.2. The van der Waals surface area contributed by atoms with E-state index < -0.39 is 10.0 Å². The first-order valence-electron chi connectivity index (χ1n) is 7.02. The number of rotatable bonds is 3. The van der Waals surface area contributed by atoms with Gasteiger partial charge in [0.2, 0.25) is 10.0 Å². The monoisotopic (exact) mass is 296 g/mol. The third kappa shape index (κ3) is 2.65. The molecule has 1 aromatic rings. The molecule has 20 heavy (non-hydrogen) atoms. The molecule has 2 fully saturated rings. The summed E-state index contributed by atoms with van der Waals surface area (Å²) in [6, 6.07) is 3.64. The second-order valence-electron chi connectivity index (χ2n) is 5.50. The van der Waals surface area contributed by atoms with Crippen LogP contribution in [0.25, 0.3) is 0 Å². The molecular weight excluding hydrogens is 276 g/mol. The second kappa shape index (κ2) is 5.31. The molecule has 3 heterocycles. The predicted octanol–water partition coefficient (Wildman–Crippen LogP) is 0.403. The third-order valence-electron chi connectivity index (χ3n) is 4.18. The van der Waals surface area contributed by atoms with Gasteiger partial charge in [-0.25, -0.2) is 18.5 Å². The number of pyridine rings is 1. The molecule has 110 valence electrons. The zero-order valence-electron chi connectivity index (χ0n) is 11.4. The summed E-state index contributed by atoms with van der Waals surface area (Å²) in [6.07, 6.45) is 5.21. The molecule has 7 heteroatoms. The van der Waals surface area contributed by atoms with Gasteiger partial charge in [-0.2, -0.15) is 0 Å². The van der Waals surface area contributed by atoms with Gasteiger partial charge in [0.15, 0.2) is 0 Å². The lowest BCUT2D eigenvalue weighted by Gasteiger charge is -2.24. The Morgan fingerprint density at radius 1 is 1.25 bits per heavy atom. The molecule has 2 aliphatic rings. The van der Waals surface area contributed by atoms with Crippen molar-refractivity contribution in [2.45, 2.75) is 30.2 Å². The molecule has 2 aliphatic heterocycles. The van der Waals surface area contributed by atoms with Gasteiger partial charge in [-0.3, -0.25) is 4.90 Å². The van der Waals surface area contributed by atoms with Crippen molar-refractivity contribution in [3.8, 4) is 0 Å². The van der Waals surface area contributed by atoms with Crippen molar-refractivity contribution in [3.05, 3.63) is 18.3 Å². The highest BCUT2D eigenvalue weighted by atomic mass is 32.2. The maximum absolute atomic E-state index is 11.6. The lowest BCUT2D eigenvalue weighted by atomic mass is 10.2. The zero-order chi connectivity index (χ0) is 14.2. The lowest BCUT2D eigenvalue weighted by Crippen LogP contribution is -2.35. The Bertz CT molecular complexity index is 584. The molecule has 0 amide bonds. The van der Waals surface area contributed by atoms with Crippen LogP contribution in [0.3, 0.4) is 0 Å². The predicted molar refractivity (Wildman–Crippen MR) is 77.0 cm³/mol. The summed E-state index contributed by atoms with van der Waals surface area (Å²) in [7, 11) is -3.73. The molecule has 2 N–H and O–H groups in total. The number of likely N-dealkylation sites (tertiary alicyclic amines) is 1. The fraction of sp³-hybridized carbons (Fsp3) is 0.615. The molecule has 1 aromatic heterocycles. The average molecular weight is 296 g/mol. The van der Waals surface area contributed by atoms with Crippen LogP contribution in [0.4, 0.5) is 5.82 Å². The van der Waals surface area contributed by atoms with Gasteiger partial charge >= 0.3 is 0 Å². The van der Waals surface area contributed by atoms with E-state index in [0.717, 1.165) is 32.6 Å². The summed E-state index contributed by atoms with van der Waals surface area (Å²) >= 11 is 0. The van der Waals surface area contributed by atoms with Gasteiger partial charge in [0, 0.05) is 25.3 Å². The SMILES string of the molecule is NS(=O)(=O)c1cccnc1N1CCC(N2CCCC2)C1. The number of primary sulfonamides is 1. The van der Waals surface area contributed by atoms with Crippen molar-refractivity contribution in [2.24, 2.45) is 5.14 Å². The van der Waals surface area contributed by atoms with E-state index in [1.165, 1.54) is 18.9 Å². The minimum absolute atomic E-state index is 0.127. The number of hydrogen-bond donors (Lipinski definition) is 1. The minimum Gasteiger partial charge on any atom is -0.354 e. The first-order chi connectivity index (χ1) is 9.55. The summed E-state index contributed by atoms with van der Waals surface area (Å²) in [6.45, 7) is 3.98. The third-order valence-corrected chi connectivity index (χ3v) is 5.11. The first-order valence-corrected chi connectivity index (χ1v) is 8.57. The van der Waals surface area contributed by atoms with E-state index in [0.29, 0.717) is 11.9 Å². The quantitative estimate of drug-likeness (QED) is 0.873. The van der Waals surface area contributed by atoms with Gasteiger partial charge in [-0.1, -0.05) is 0 Å². The second-order valence-corrected chi connectivity index (χ2v) is 7.03. The van der Waals surface area contributed by atoms with E-state index in [9.17, 15) is 8.42 Å². The van der Waals surface area contributed by atoms with Gasteiger partial charge in [0.05, 0.1) is 0 Å². The summed E-state index contributed by atoms with van der Waals surface area (Å²) in [5, 5.41) is 5.28. The lowest BCUT2D eigenvalue weighted by molar-refractivity contribution is 0.260. The topological polar surface area (TPSA) is 79.5 Å². The van der Waals surface area contributed by atoms with Gasteiger partial charge in [-0.05, 0) is 44.5 Å². The van der Waals surface area contributed by atoms with Crippen molar-refractivity contribution in [2.75, 3.05) is 31.1 Å². The Kier molecular flexibility index (Phi) is 3.66. The Labute approximate surface area is 119 Å². The number of aromatic nitrogens is 1. The molecule has 3 rings (SSSR count). The van der Waals surface area contributed by atoms with Gasteiger partial charge in [-0.15, -0.1) is 0 Å². The van der Waals surface area contributed by atoms with E-state index >= 15 is 0 Å². The Morgan fingerprint density at radius 2 is 2.00 bits per heavy atom. The molecule has 0 saturated carbocycles. The Hall–Kier alpha value is -1.18. The molecule has 2 saturated heterocycles. The van der Waals surface area contributed by atoms with Crippen LogP contribution in [0, 0.1) is 0 Å².